The Bertz CT molecular complexity index is 931. The van der Waals surface area contributed by atoms with Crippen LogP contribution in [0, 0.1) is 6.92 Å². The summed E-state index contributed by atoms with van der Waals surface area (Å²) in [5, 5.41) is 3.26. The van der Waals surface area contributed by atoms with Gasteiger partial charge in [0.05, 0.1) is 19.1 Å². The van der Waals surface area contributed by atoms with Gasteiger partial charge in [-0.05, 0) is 36.8 Å². The Labute approximate surface area is 163 Å². The van der Waals surface area contributed by atoms with Gasteiger partial charge in [-0.3, -0.25) is 4.79 Å². The van der Waals surface area contributed by atoms with Crippen LogP contribution in [0.3, 0.4) is 0 Å². The summed E-state index contributed by atoms with van der Waals surface area (Å²) < 4.78 is 37.4. The van der Waals surface area contributed by atoms with Crippen LogP contribution in [0.4, 0.5) is 5.69 Å². The third-order valence-corrected chi connectivity index (χ3v) is 5.72. The highest BCUT2D eigenvalue weighted by molar-refractivity contribution is 7.89. The molecule has 2 aromatic carbocycles. The number of anilines is 1. The minimum atomic E-state index is -3.79. The molecule has 0 atom stereocenters. The van der Waals surface area contributed by atoms with Gasteiger partial charge in [0.1, 0.15) is 0 Å². The van der Waals surface area contributed by atoms with E-state index in [2.05, 4.69) is 10.0 Å². The van der Waals surface area contributed by atoms with E-state index in [-0.39, 0.29) is 23.8 Å². The molecule has 146 valence electrons. The zero-order valence-electron chi connectivity index (χ0n) is 15.2. The summed E-state index contributed by atoms with van der Waals surface area (Å²) in [7, 11) is -0.905. The standard InChI is InChI=1S/C18H21ClN2O5S/c1-12-14(19)5-4-6-15(12)21-18(22)9-10-20-27(23,24)13-7-8-16(25-2)17(11-13)26-3/h4-8,11,20H,9-10H2,1-3H3,(H,21,22). The molecule has 0 aliphatic carbocycles. The van der Waals surface area contributed by atoms with Crippen molar-refractivity contribution >= 4 is 33.2 Å². The molecule has 0 saturated heterocycles. The van der Waals surface area contributed by atoms with E-state index in [9.17, 15) is 13.2 Å². The van der Waals surface area contributed by atoms with Crippen LogP contribution >= 0.6 is 11.6 Å². The van der Waals surface area contributed by atoms with Crippen LogP contribution in [0.25, 0.3) is 0 Å². The van der Waals surface area contributed by atoms with Crippen LogP contribution in [0.2, 0.25) is 5.02 Å². The number of sulfonamides is 1. The lowest BCUT2D eigenvalue weighted by Gasteiger charge is -2.12. The normalized spacial score (nSPS) is 11.1. The molecule has 0 unspecified atom stereocenters. The second-order valence-electron chi connectivity index (χ2n) is 5.63. The van der Waals surface area contributed by atoms with Crippen molar-refractivity contribution in [3.63, 3.8) is 0 Å². The number of rotatable bonds is 8. The fraction of sp³-hybridized carbons (Fsp3) is 0.278. The maximum Gasteiger partial charge on any atom is 0.240 e. The molecule has 0 heterocycles. The van der Waals surface area contributed by atoms with Crippen LogP contribution in [-0.4, -0.2) is 35.1 Å². The molecule has 0 spiro atoms. The van der Waals surface area contributed by atoms with Crippen molar-refractivity contribution in [2.45, 2.75) is 18.2 Å². The summed E-state index contributed by atoms with van der Waals surface area (Å²) in [4.78, 5) is 12.1. The number of ether oxygens (including phenoxy) is 2. The third-order valence-electron chi connectivity index (χ3n) is 3.85. The van der Waals surface area contributed by atoms with E-state index < -0.39 is 10.0 Å². The van der Waals surface area contributed by atoms with Gasteiger partial charge in [-0.15, -0.1) is 0 Å². The Morgan fingerprint density at radius 3 is 2.48 bits per heavy atom. The highest BCUT2D eigenvalue weighted by Crippen LogP contribution is 2.29. The van der Waals surface area contributed by atoms with Crippen molar-refractivity contribution < 1.29 is 22.7 Å². The number of nitrogens with one attached hydrogen (secondary N) is 2. The Morgan fingerprint density at radius 1 is 1.11 bits per heavy atom. The molecule has 2 rings (SSSR count). The number of hydrogen-bond donors (Lipinski definition) is 2. The molecule has 0 aliphatic rings. The second-order valence-corrected chi connectivity index (χ2v) is 7.80. The van der Waals surface area contributed by atoms with Gasteiger partial charge in [-0.25, -0.2) is 13.1 Å². The number of amides is 1. The van der Waals surface area contributed by atoms with E-state index >= 15 is 0 Å². The molecule has 0 radical (unpaired) electrons. The number of methoxy groups -OCH3 is 2. The molecular formula is C18H21ClN2O5S. The van der Waals surface area contributed by atoms with Crippen molar-refractivity contribution in [3.05, 3.63) is 47.0 Å². The van der Waals surface area contributed by atoms with E-state index in [1.165, 1.54) is 32.4 Å². The van der Waals surface area contributed by atoms with Crippen molar-refractivity contribution in [2.24, 2.45) is 0 Å². The molecular weight excluding hydrogens is 392 g/mol. The van der Waals surface area contributed by atoms with E-state index in [0.717, 1.165) is 5.56 Å². The topological polar surface area (TPSA) is 93.7 Å². The van der Waals surface area contributed by atoms with Gasteiger partial charge >= 0.3 is 0 Å². The molecule has 27 heavy (non-hydrogen) atoms. The predicted molar refractivity (Wildman–Crippen MR) is 104 cm³/mol. The van der Waals surface area contributed by atoms with E-state index in [0.29, 0.717) is 22.2 Å². The summed E-state index contributed by atoms with van der Waals surface area (Å²) in [6, 6.07) is 9.44. The lowest BCUT2D eigenvalue weighted by atomic mass is 10.2. The smallest absolute Gasteiger partial charge is 0.240 e. The van der Waals surface area contributed by atoms with E-state index in [1.54, 1.807) is 25.1 Å². The average molecular weight is 413 g/mol. The highest BCUT2D eigenvalue weighted by atomic mass is 35.5. The number of carbonyl (C=O) groups is 1. The Kier molecular flexibility index (Phi) is 7.06. The predicted octanol–water partition coefficient (Wildman–Crippen LogP) is 2.97. The van der Waals surface area contributed by atoms with E-state index in [1.807, 2.05) is 0 Å². The minimum absolute atomic E-state index is 0.0197. The monoisotopic (exact) mass is 412 g/mol. The molecule has 0 bridgehead atoms. The quantitative estimate of drug-likeness (QED) is 0.695. The summed E-state index contributed by atoms with van der Waals surface area (Å²) >= 11 is 6.01. The largest absolute Gasteiger partial charge is 0.493 e. The van der Waals surface area contributed by atoms with E-state index in [4.69, 9.17) is 21.1 Å². The molecule has 0 aliphatic heterocycles. The van der Waals surface area contributed by atoms with Gasteiger partial charge < -0.3 is 14.8 Å². The molecule has 9 heteroatoms. The van der Waals surface area contributed by atoms with Gasteiger partial charge in [0.15, 0.2) is 11.5 Å². The number of carbonyl (C=O) groups excluding carboxylic acids is 1. The van der Waals surface area contributed by atoms with Crippen LogP contribution < -0.4 is 19.5 Å². The van der Waals surface area contributed by atoms with Crippen molar-refractivity contribution in [2.75, 3.05) is 26.1 Å². The summed E-state index contributed by atoms with van der Waals surface area (Å²) in [6.45, 7) is 1.74. The minimum Gasteiger partial charge on any atom is -0.493 e. The van der Waals surface area contributed by atoms with Gasteiger partial charge in [0.2, 0.25) is 15.9 Å². The lowest BCUT2D eigenvalue weighted by molar-refractivity contribution is -0.116. The Morgan fingerprint density at radius 2 is 1.81 bits per heavy atom. The first-order valence-electron chi connectivity index (χ1n) is 8.05. The SMILES string of the molecule is COc1ccc(S(=O)(=O)NCCC(=O)Nc2cccc(Cl)c2C)cc1OC. The van der Waals surface area contributed by atoms with Gasteiger partial charge in [-0.2, -0.15) is 0 Å². The maximum atomic E-state index is 12.4. The molecule has 2 N–H and O–H groups in total. The van der Waals surface area contributed by atoms with Crippen LogP contribution in [0.1, 0.15) is 12.0 Å². The third kappa shape index (κ3) is 5.35. The Balaban J connectivity index is 1.97. The van der Waals surface area contributed by atoms with Gasteiger partial charge in [0, 0.05) is 29.7 Å². The zero-order chi connectivity index (χ0) is 20.0. The fourth-order valence-electron chi connectivity index (χ4n) is 2.32. The molecule has 7 nitrogen and oxygen atoms in total. The molecule has 0 fully saturated rings. The average Bonchev–Trinajstić information content (AvgIpc) is 2.64. The van der Waals surface area contributed by atoms with Gasteiger partial charge in [0.25, 0.3) is 0 Å². The first-order chi connectivity index (χ1) is 12.8. The van der Waals surface area contributed by atoms with Crippen molar-refractivity contribution in [1.29, 1.82) is 0 Å². The summed E-state index contributed by atoms with van der Waals surface area (Å²) in [6.07, 6.45) is -0.0293. The number of halogens is 1. The molecule has 2 aromatic rings. The molecule has 0 aromatic heterocycles. The molecule has 0 saturated carbocycles. The van der Waals surface area contributed by atoms with Crippen molar-refractivity contribution in [3.8, 4) is 11.5 Å². The maximum absolute atomic E-state index is 12.4. The van der Waals surface area contributed by atoms with Gasteiger partial charge in [-0.1, -0.05) is 17.7 Å². The van der Waals surface area contributed by atoms with Crippen LogP contribution in [0.5, 0.6) is 11.5 Å². The number of benzene rings is 2. The molecule has 1 amide bonds. The first-order valence-corrected chi connectivity index (χ1v) is 9.91. The van der Waals surface area contributed by atoms with Crippen LogP contribution in [0.15, 0.2) is 41.3 Å². The highest BCUT2D eigenvalue weighted by Gasteiger charge is 2.17. The lowest BCUT2D eigenvalue weighted by Crippen LogP contribution is -2.28. The summed E-state index contributed by atoms with van der Waals surface area (Å²) in [5.41, 5.74) is 1.34. The first kappa shape index (κ1) is 21.0. The Hall–Kier alpha value is -2.29. The zero-order valence-corrected chi connectivity index (χ0v) is 16.8. The van der Waals surface area contributed by atoms with Crippen molar-refractivity contribution in [1.82, 2.24) is 4.72 Å². The fourth-order valence-corrected chi connectivity index (χ4v) is 3.54. The summed E-state index contributed by atoms with van der Waals surface area (Å²) in [5.74, 6) is 0.401. The van der Waals surface area contributed by atoms with Crippen LogP contribution in [-0.2, 0) is 14.8 Å². The second kappa shape index (κ2) is 9.07. The number of hydrogen-bond acceptors (Lipinski definition) is 5.